The van der Waals surface area contributed by atoms with E-state index in [1.165, 1.54) is 0 Å². The van der Waals surface area contributed by atoms with Gasteiger partial charge >= 0.3 is 5.97 Å². The van der Waals surface area contributed by atoms with Gasteiger partial charge in [-0.1, -0.05) is 0 Å². The molecule has 2 N–H and O–H groups in total. The zero-order valence-electron chi connectivity index (χ0n) is 10.5. The lowest BCUT2D eigenvalue weighted by atomic mass is 9.79. The highest BCUT2D eigenvalue weighted by Gasteiger charge is 2.36. The van der Waals surface area contributed by atoms with Gasteiger partial charge in [0.1, 0.15) is 0 Å². The molecule has 0 radical (unpaired) electrons. The normalized spacial score (nSPS) is 21.9. The summed E-state index contributed by atoms with van der Waals surface area (Å²) in [5.74, 6) is 0.262. The number of hydrogen-bond acceptors (Lipinski definition) is 4. The molecule has 1 aliphatic rings. The van der Waals surface area contributed by atoms with Crippen molar-refractivity contribution in [2.75, 3.05) is 19.5 Å². The SMILES string of the molecule is COc1ccc(NC2CCC2C(=O)O)cc1OC. The molecule has 18 heavy (non-hydrogen) atoms. The second kappa shape index (κ2) is 5.16. The Hall–Kier alpha value is -1.91. The van der Waals surface area contributed by atoms with Gasteiger partial charge in [0.15, 0.2) is 11.5 Å². The Bertz CT molecular complexity index is 447. The number of nitrogens with one attached hydrogen (secondary N) is 1. The zero-order chi connectivity index (χ0) is 13.1. The monoisotopic (exact) mass is 251 g/mol. The van der Waals surface area contributed by atoms with Crippen LogP contribution in [0.1, 0.15) is 12.8 Å². The largest absolute Gasteiger partial charge is 0.493 e. The third-order valence-corrected chi connectivity index (χ3v) is 3.33. The number of anilines is 1. The van der Waals surface area contributed by atoms with Gasteiger partial charge < -0.3 is 19.9 Å². The highest BCUT2D eigenvalue weighted by atomic mass is 16.5. The molecular weight excluding hydrogens is 234 g/mol. The summed E-state index contributed by atoms with van der Waals surface area (Å²) in [6.45, 7) is 0. The summed E-state index contributed by atoms with van der Waals surface area (Å²) in [5.41, 5.74) is 0.851. The summed E-state index contributed by atoms with van der Waals surface area (Å²) < 4.78 is 10.4. The molecule has 1 aromatic carbocycles. The molecule has 1 aromatic rings. The highest BCUT2D eigenvalue weighted by Crippen LogP contribution is 2.34. The molecule has 0 heterocycles. The number of aliphatic carboxylic acids is 1. The van der Waals surface area contributed by atoms with Crippen molar-refractivity contribution in [1.29, 1.82) is 0 Å². The van der Waals surface area contributed by atoms with Crippen molar-refractivity contribution in [1.82, 2.24) is 0 Å². The molecule has 1 saturated carbocycles. The van der Waals surface area contributed by atoms with Crippen molar-refractivity contribution >= 4 is 11.7 Å². The summed E-state index contributed by atoms with van der Waals surface area (Å²) >= 11 is 0. The third-order valence-electron chi connectivity index (χ3n) is 3.33. The minimum Gasteiger partial charge on any atom is -0.493 e. The first-order chi connectivity index (χ1) is 8.65. The van der Waals surface area contributed by atoms with Crippen LogP contribution in [0.3, 0.4) is 0 Å². The maximum absolute atomic E-state index is 10.9. The molecule has 0 bridgehead atoms. The van der Waals surface area contributed by atoms with E-state index in [1.54, 1.807) is 20.3 Å². The minimum absolute atomic E-state index is 0.000557. The molecule has 2 unspecified atom stereocenters. The predicted octanol–water partition coefficient (Wildman–Crippen LogP) is 1.98. The van der Waals surface area contributed by atoms with Crippen molar-refractivity contribution < 1.29 is 19.4 Å². The Labute approximate surface area is 106 Å². The number of carbonyl (C=O) groups is 1. The van der Waals surface area contributed by atoms with Gasteiger partial charge in [0.05, 0.1) is 20.1 Å². The average Bonchev–Trinajstić information content (AvgIpc) is 2.33. The Morgan fingerprint density at radius 2 is 2.00 bits per heavy atom. The minimum atomic E-state index is -0.737. The van der Waals surface area contributed by atoms with Crippen LogP contribution in [0.25, 0.3) is 0 Å². The Morgan fingerprint density at radius 3 is 2.50 bits per heavy atom. The van der Waals surface area contributed by atoms with Crippen molar-refractivity contribution in [2.45, 2.75) is 18.9 Å². The average molecular weight is 251 g/mol. The molecule has 0 spiro atoms. The third kappa shape index (κ3) is 2.34. The van der Waals surface area contributed by atoms with E-state index in [2.05, 4.69) is 5.32 Å². The van der Waals surface area contributed by atoms with E-state index in [1.807, 2.05) is 12.1 Å². The van der Waals surface area contributed by atoms with Gasteiger partial charge in [0.25, 0.3) is 0 Å². The van der Waals surface area contributed by atoms with E-state index in [0.717, 1.165) is 18.5 Å². The molecule has 5 heteroatoms. The molecule has 1 fully saturated rings. The van der Waals surface area contributed by atoms with E-state index >= 15 is 0 Å². The standard InChI is InChI=1S/C13H17NO4/c1-17-11-6-3-8(7-12(11)18-2)14-10-5-4-9(10)13(15)16/h3,6-7,9-10,14H,4-5H2,1-2H3,(H,15,16). The van der Waals surface area contributed by atoms with Crippen LogP contribution in [-0.4, -0.2) is 31.3 Å². The molecule has 2 atom stereocenters. The lowest BCUT2D eigenvalue weighted by Crippen LogP contribution is -2.42. The first-order valence-corrected chi connectivity index (χ1v) is 5.87. The van der Waals surface area contributed by atoms with Gasteiger partial charge in [0, 0.05) is 17.8 Å². The number of methoxy groups -OCH3 is 2. The molecule has 0 amide bonds. The van der Waals surface area contributed by atoms with E-state index in [0.29, 0.717) is 11.5 Å². The Kier molecular flexibility index (Phi) is 3.60. The second-order valence-corrected chi connectivity index (χ2v) is 4.34. The zero-order valence-corrected chi connectivity index (χ0v) is 10.5. The summed E-state index contributed by atoms with van der Waals surface area (Å²) in [4.78, 5) is 10.9. The topological polar surface area (TPSA) is 67.8 Å². The van der Waals surface area contributed by atoms with Gasteiger partial charge in [-0.3, -0.25) is 4.79 Å². The molecule has 5 nitrogen and oxygen atoms in total. The number of benzene rings is 1. The van der Waals surface area contributed by atoms with Crippen LogP contribution in [0.5, 0.6) is 11.5 Å². The van der Waals surface area contributed by atoms with Gasteiger partial charge in [0.2, 0.25) is 0 Å². The van der Waals surface area contributed by atoms with E-state index in [4.69, 9.17) is 14.6 Å². The Balaban J connectivity index is 2.08. The van der Waals surface area contributed by atoms with Crippen LogP contribution >= 0.6 is 0 Å². The molecule has 98 valence electrons. The maximum atomic E-state index is 10.9. The van der Waals surface area contributed by atoms with E-state index < -0.39 is 5.97 Å². The smallest absolute Gasteiger partial charge is 0.308 e. The number of hydrogen-bond donors (Lipinski definition) is 2. The van der Waals surface area contributed by atoms with Crippen molar-refractivity contribution in [2.24, 2.45) is 5.92 Å². The van der Waals surface area contributed by atoms with Crippen molar-refractivity contribution in [3.8, 4) is 11.5 Å². The first-order valence-electron chi connectivity index (χ1n) is 5.87. The Morgan fingerprint density at radius 1 is 1.28 bits per heavy atom. The van der Waals surface area contributed by atoms with Crippen LogP contribution < -0.4 is 14.8 Å². The van der Waals surface area contributed by atoms with Gasteiger partial charge in [-0.25, -0.2) is 0 Å². The number of carboxylic acid groups (broad SMARTS) is 1. The van der Waals surface area contributed by atoms with Gasteiger partial charge in [-0.05, 0) is 25.0 Å². The molecule has 0 aromatic heterocycles. The molecule has 1 aliphatic carbocycles. The lowest BCUT2D eigenvalue weighted by molar-refractivity contribution is -0.144. The van der Waals surface area contributed by atoms with E-state index in [9.17, 15) is 4.79 Å². The van der Waals surface area contributed by atoms with Crippen LogP contribution in [0.2, 0.25) is 0 Å². The first kappa shape index (κ1) is 12.5. The van der Waals surface area contributed by atoms with Crippen LogP contribution in [-0.2, 0) is 4.79 Å². The summed E-state index contributed by atoms with van der Waals surface area (Å²) in [6, 6.07) is 5.48. The van der Waals surface area contributed by atoms with Gasteiger partial charge in [-0.2, -0.15) is 0 Å². The number of ether oxygens (including phenoxy) is 2. The number of carboxylic acids is 1. The summed E-state index contributed by atoms with van der Waals surface area (Å²) in [5, 5.41) is 12.2. The molecular formula is C13H17NO4. The highest BCUT2D eigenvalue weighted by molar-refractivity contribution is 5.73. The fourth-order valence-corrected chi connectivity index (χ4v) is 2.11. The molecule has 0 saturated heterocycles. The van der Waals surface area contributed by atoms with Gasteiger partial charge in [-0.15, -0.1) is 0 Å². The van der Waals surface area contributed by atoms with Crippen molar-refractivity contribution in [3.05, 3.63) is 18.2 Å². The van der Waals surface area contributed by atoms with Crippen LogP contribution in [0.4, 0.5) is 5.69 Å². The maximum Gasteiger partial charge on any atom is 0.308 e. The van der Waals surface area contributed by atoms with E-state index in [-0.39, 0.29) is 12.0 Å². The van der Waals surface area contributed by atoms with Crippen LogP contribution in [0, 0.1) is 5.92 Å². The summed E-state index contributed by atoms with van der Waals surface area (Å²) in [6.07, 6.45) is 1.62. The second-order valence-electron chi connectivity index (χ2n) is 4.34. The van der Waals surface area contributed by atoms with Crippen LogP contribution in [0.15, 0.2) is 18.2 Å². The summed E-state index contributed by atoms with van der Waals surface area (Å²) in [7, 11) is 3.16. The fraction of sp³-hybridized carbons (Fsp3) is 0.462. The lowest BCUT2D eigenvalue weighted by Gasteiger charge is -2.34. The van der Waals surface area contributed by atoms with Crippen molar-refractivity contribution in [3.63, 3.8) is 0 Å². The number of rotatable bonds is 5. The fourth-order valence-electron chi connectivity index (χ4n) is 2.11. The molecule has 0 aliphatic heterocycles. The quantitative estimate of drug-likeness (QED) is 0.837. The molecule has 2 rings (SSSR count). The predicted molar refractivity (Wildman–Crippen MR) is 67.3 cm³/mol.